The van der Waals surface area contributed by atoms with Crippen molar-refractivity contribution in [2.24, 2.45) is 0 Å². The van der Waals surface area contributed by atoms with Gasteiger partial charge >= 0.3 is 13.5 Å². The molecular weight excluding hydrogens is 597 g/mol. The van der Waals surface area contributed by atoms with Crippen LogP contribution in [0.1, 0.15) is 37.8 Å². The predicted octanol–water partition coefficient (Wildman–Crippen LogP) is -1.95. The second kappa shape index (κ2) is 11.9. The van der Waals surface area contributed by atoms with Crippen molar-refractivity contribution >= 4 is 30.7 Å². The van der Waals surface area contributed by atoms with E-state index in [-0.39, 0.29) is 35.5 Å². The number of nitrogens with one attached hydrogen (secondary N) is 1. The van der Waals surface area contributed by atoms with Gasteiger partial charge in [-0.25, -0.2) is 14.3 Å². The third kappa shape index (κ3) is 6.24. The summed E-state index contributed by atoms with van der Waals surface area (Å²) in [6.45, 7) is 0.991. The first-order valence-corrected chi connectivity index (χ1v) is 14.6. The number of hydrogen-bond acceptors (Lipinski definition) is 14. The fraction of sp³-hybridized carbons (Fsp3) is 0.565. The molecule has 0 radical (unpaired) electrons. The Kier molecular flexibility index (Phi) is 8.52. The molecule has 20 heteroatoms. The van der Waals surface area contributed by atoms with Crippen LogP contribution < -0.4 is 22.5 Å². The van der Waals surface area contributed by atoms with E-state index < -0.39 is 87.0 Å². The van der Waals surface area contributed by atoms with Gasteiger partial charge in [-0.1, -0.05) is 0 Å². The molecule has 2 aliphatic rings. The number of Topliss-reactive ketones (excluding diaryl/α,β-unsaturated/α-hetero) is 1. The van der Waals surface area contributed by atoms with Crippen molar-refractivity contribution < 1.29 is 43.0 Å². The van der Waals surface area contributed by atoms with Crippen LogP contribution in [-0.2, 0) is 34.4 Å². The molecule has 0 aliphatic carbocycles. The van der Waals surface area contributed by atoms with Gasteiger partial charge in [0.15, 0.2) is 11.2 Å². The van der Waals surface area contributed by atoms with Crippen LogP contribution in [-0.4, -0.2) is 87.2 Å². The van der Waals surface area contributed by atoms with Crippen LogP contribution in [0.15, 0.2) is 26.9 Å². The van der Waals surface area contributed by atoms with Gasteiger partial charge < -0.3 is 30.3 Å². The fourth-order valence-corrected chi connectivity index (χ4v) is 5.99. The highest BCUT2D eigenvalue weighted by Gasteiger charge is 2.43. The Bertz CT molecular complexity index is 1770. The summed E-state index contributed by atoms with van der Waals surface area (Å²) >= 11 is 0. The lowest BCUT2D eigenvalue weighted by Gasteiger charge is -2.21. The summed E-state index contributed by atoms with van der Waals surface area (Å²) in [5.74, 6) is -0.567. The number of nitrogens with zero attached hydrogens (tertiary/aromatic N) is 5. The average molecular weight is 628 g/mol. The number of hydrogen-bond donors (Lipinski definition) is 5. The average Bonchev–Trinajstić information content (AvgIpc) is 3.63. The second-order valence-corrected chi connectivity index (χ2v) is 11.7. The number of ether oxygens (including phenoxy) is 2. The number of carbonyl (C=O) groups excluding carboxylic acids is 1. The van der Waals surface area contributed by atoms with Gasteiger partial charge in [-0.3, -0.25) is 42.1 Å². The number of phosphoric ester groups is 1. The lowest BCUT2D eigenvalue weighted by Crippen LogP contribution is -2.43. The summed E-state index contributed by atoms with van der Waals surface area (Å²) in [7, 11) is -4.84. The highest BCUT2D eigenvalue weighted by Crippen LogP contribution is 2.49. The molecule has 2 aliphatic heterocycles. The summed E-state index contributed by atoms with van der Waals surface area (Å²) in [5.41, 5.74) is 3.84. The van der Waals surface area contributed by atoms with Crippen LogP contribution in [0, 0.1) is 6.92 Å². The number of phosphoric acid groups is 1. The van der Waals surface area contributed by atoms with Gasteiger partial charge in [-0.05, 0) is 13.8 Å². The van der Waals surface area contributed by atoms with Gasteiger partial charge in [-0.15, -0.1) is 0 Å². The molecule has 234 valence electrons. The van der Waals surface area contributed by atoms with E-state index in [0.717, 1.165) is 9.13 Å². The summed E-state index contributed by atoms with van der Waals surface area (Å²) in [6.07, 6.45) is -4.22. The van der Waals surface area contributed by atoms with Gasteiger partial charge in [0.05, 0.1) is 32.2 Å². The van der Waals surface area contributed by atoms with E-state index in [2.05, 4.69) is 15.0 Å². The second-order valence-electron chi connectivity index (χ2n) is 10.3. The number of fused-ring (bicyclic) bond motifs is 1. The van der Waals surface area contributed by atoms with Crippen LogP contribution in [0.5, 0.6) is 0 Å². The van der Waals surface area contributed by atoms with Crippen LogP contribution in [0.4, 0.5) is 5.95 Å². The maximum absolute atomic E-state index is 12.9. The van der Waals surface area contributed by atoms with Crippen molar-refractivity contribution in [2.45, 2.75) is 70.1 Å². The van der Waals surface area contributed by atoms with E-state index in [0.29, 0.717) is 0 Å². The summed E-state index contributed by atoms with van der Waals surface area (Å²) in [5, 5.41) is 20.3. The lowest BCUT2D eigenvalue weighted by atomic mass is 10.2. The van der Waals surface area contributed by atoms with Gasteiger partial charge in [0.1, 0.15) is 36.6 Å². The normalized spacial score (nSPS) is 27.1. The number of H-pyrrole nitrogens is 1. The topological polar surface area (TPSA) is 265 Å². The molecule has 3 aromatic heterocycles. The van der Waals surface area contributed by atoms with E-state index >= 15 is 0 Å². The fourth-order valence-electron chi connectivity index (χ4n) is 5.03. The van der Waals surface area contributed by atoms with Crippen molar-refractivity contribution in [3.63, 3.8) is 0 Å². The molecule has 3 aromatic rings. The SMILES string of the molecule is CC(=O)Cn1c(=O)c(C)cn([C@H]2C[C@H](OP(=O)(O)OC[C@H]3O[C@@H](n4cnc5c(=O)[nH]c(N)nc54)C[C@@H]3O)[C@@H](CO)O2)c1=O. The third-order valence-electron chi connectivity index (χ3n) is 7.05. The maximum Gasteiger partial charge on any atom is 0.472 e. The minimum atomic E-state index is -4.84. The molecule has 0 amide bonds. The first kappa shape index (κ1) is 30.9. The number of ketones is 1. The summed E-state index contributed by atoms with van der Waals surface area (Å²) < 4.78 is 37.9. The Morgan fingerprint density at radius 2 is 1.91 bits per heavy atom. The number of rotatable bonds is 10. The zero-order chi connectivity index (χ0) is 31.2. The molecule has 6 N–H and O–H groups in total. The molecule has 5 rings (SSSR count). The zero-order valence-electron chi connectivity index (χ0n) is 22.9. The highest BCUT2D eigenvalue weighted by molar-refractivity contribution is 7.47. The quantitative estimate of drug-likeness (QED) is 0.153. The number of carbonyl (C=O) groups is 1. The highest BCUT2D eigenvalue weighted by atomic mass is 31.2. The Morgan fingerprint density at radius 3 is 2.60 bits per heavy atom. The molecular formula is C23H30N7O12P. The molecule has 43 heavy (non-hydrogen) atoms. The Balaban J connectivity index is 1.25. The van der Waals surface area contributed by atoms with Crippen molar-refractivity contribution in [2.75, 3.05) is 18.9 Å². The van der Waals surface area contributed by atoms with E-state index in [1.54, 1.807) is 0 Å². The lowest BCUT2D eigenvalue weighted by molar-refractivity contribution is -0.117. The van der Waals surface area contributed by atoms with E-state index in [1.165, 1.54) is 30.9 Å². The number of aromatic amines is 1. The number of nitrogen functional groups attached to an aromatic ring is 1. The Morgan fingerprint density at radius 1 is 1.21 bits per heavy atom. The van der Waals surface area contributed by atoms with E-state index in [1.807, 2.05) is 0 Å². The molecule has 5 heterocycles. The molecule has 2 fully saturated rings. The largest absolute Gasteiger partial charge is 0.472 e. The first-order valence-electron chi connectivity index (χ1n) is 13.1. The molecule has 19 nitrogen and oxygen atoms in total. The van der Waals surface area contributed by atoms with Gasteiger partial charge in [0, 0.05) is 24.6 Å². The molecule has 1 unspecified atom stereocenters. The van der Waals surface area contributed by atoms with Gasteiger partial charge in [0.25, 0.3) is 11.1 Å². The first-order chi connectivity index (χ1) is 20.3. The molecule has 7 atom stereocenters. The standard InChI is InChI=1S/C23H30N7O12P/c1-10-5-28(23(36)29(21(10)35)6-11(2)32)17-4-13(14(7-31)40-17)42-43(37,38)39-8-15-12(33)3-16(41-15)30-9-25-18-19(30)26-22(24)27-20(18)34/h5,9,12-17,31,33H,3-4,6-8H2,1-2H3,(H,37,38)(H3,24,26,27,34)/t12-,13-,14+,15+,16+,17+/m0/s1. The number of anilines is 1. The predicted molar refractivity (Wildman–Crippen MR) is 144 cm³/mol. The van der Waals surface area contributed by atoms with Crippen molar-refractivity contribution in [1.29, 1.82) is 0 Å². The molecule has 0 aromatic carbocycles. The number of aliphatic hydroxyl groups excluding tert-OH is 2. The van der Waals surface area contributed by atoms with Crippen molar-refractivity contribution in [3.8, 4) is 0 Å². The van der Waals surface area contributed by atoms with Crippen LogP contribution >= 0.6 is 7.82 Å². The van der Waals surface area contributed by atoms with Gasteiger partial charge in [-0.2, -0.15) is 4.98 Å². The van der Waals surface area contributed by atoms with Crippen LogP contribution in [0.25, 0.3) is 11.2 Å². The maximum atomic E-state index is 12.9. The molecule has 0 spiro atoms. The summed E-state index contributed by atoms with van der Waals surface area (Å²) in [6, 6.07) is 0. The number of aromatic nitrogens is 6. The smallest absolute Gasteiger partial charge is 0.394 e. The van der Waals surface area contributed by atoms with Crippen LogP contribution in [0.3, 0.4) is 0 Å². The van der Waals surface area contributed by atoms with E-state index in [4.69, 9.17) is 24.3 Å². The van der Waals surface area contributed by atoms with Crippen molar-refractivity contribution in [3.05, 3.63) is 49.3 Å². The third-order valence-corrected chi connectivity index (χ3v) is 8.07. The van der Waals surface area contributed by atoms with Gasteiger partial charge in [0.2, 0.25) is 5.95 Å². The number of aryl methyl sites for hydroxylation is 1. The number of nitrogens with two attached hydrogens (primary N) is 1. The summed E-state index contributed by atoms with van der Waals surface area (Å²) in [4.78, 5) is 69.8. The minimum absolute atomic E-state index is 0.00541. The zero-order valence-corrected chi connectivity index (χ0v) is 23.8. The number of aliphatic hydroxyl groups is 2. The number of imidazole rings is 1. The van der Waals surface area contributed by atoms with Crippen molar-refractivity contribution in [1.82, 2.24) is 28.7 Å². The monoisotopic (exact) mass is 627 g/mol. The Hall–Kier alpha value is -3.55. The molecule has 2 saturated heterocycles. The van der Waals surface area contributed by atoms with Crippen LogP contribution in [0.2, 0.25) is 0 Å². The minimum Gasteiger partial charge on any atom is -0.394 e. The molecule has 0 saturated carbocycles. The van der Waals surface area contributed by atoms with E-state index in [9.17, 15) is 38.8 Å². The Labute approximate surface area is 241 Å². The molecule has 0 bridgehead atoms.